The third-order valence-electron chi connectivity index (χ3n) is 5.54. The Balaban J connectivity index is 1.46. The van der Waals surface area contributed by atoms with Crippen LogP contribution in [0.15, 0.2) is 18.5 Å². The van der Waals surface area contributed by atoms with Crippen LogP contribution < -0.4 is 0 Å². The minimum Gasteiger partial charge on any atom is -0.342 e. The SMILES string of the molecule is CC(C)(C)N1C[C@@H](C(=O)N2CCC(CCn3cccn3)CC2)CC1=O. The highest BCUT2D eigenvalue weighted by atomic mass is 16.2. The van der Waals surface area contributed by atoms with E-state index in [9.17, 15) is 9.59 Å². The molecular weight excluding hydrogens is 316 g/mol. The standard InChI is InChI=1S/C19H30N4O2/c1-19(2,3)23-14-16(13-17(23)24)18(25)21-10-5-15(6-11-21)7-12-22-9-4-8-20-22/h4,8-9,15-16H,5-7,10-14H2,1-3H3/t16-/m0/s1. The van der Waals surface area contributed by atoms with Gasteiger partial charge in [-0.15, -0.1) is 0 Å². The van der Waals surface area contributed by atoms with E-state index in [4.69, 9.17) is 0 Å². The van der Waals surface area contributed by atoms with Crippen LogP contribution in [0, 0.1) is 11.8 Å². The first kappa shape index (κ1) is 18.0. The fourth-order valence-electron chi connectivity index (χ4n) is 3.97. The van der Waals surface area contributed by atoms with Crippen molar-refractivity contribution in [2.24, 2.45) is 11.8 Å². The van der Waals surface area contributed by atoms with Gasteiger partial charge in [0.25, 0.3) is 0 Å². The van der Waals surface area contributed by atoms with Gasteiger partial charge < -0.3 is 9.80 Å². The van der Waals surface area contributed by atoms with Gasteiger partial charge in [-0.25, -0.2) is 0 Å². The molecule has 25 heavy (non-hydrogen) atoms. The number of hydrogen-bond donors (Lipinski definition) is 0. The highest BCUT2D eigenvalue weighted by molar-refractivity contribution is 5.89. The molecule has 1 atom stereocenters. The summed E-state index contributed by atoms with van der Waals surface area (Å²) in [5.41, 5.74) is -0.203. The largest absolute Gasteiger partial charge is 0.342 e. The van der Waals surface area contributed by atoms with E-state index in [0.717, 1.165) is 38.9 Å². The summed E-state index contributed by atoms with van der Waals surface area (Å²) >= 11 is 0. The first-order valence-corrected chi connectivity index (χ1v) is 9.41. The number of carbonyl (C=O) groups is 2. The number of piperidine rings is 1. The predicted molar refractivity (Wildman–Crippen MR) is 95.7 cm³/mol. The van der Waals surface area contributed by atoms with E-state index in [1.54, 1.807) is 0 Å². The van der Waals surface area contributed by atoms with Crippen molar-refractivity contribution in [2.45, 2.75) is 58.5 Å². The molecule has 0 spiro atoms. The van der Waals surface area contributed by atoms with Crippen molar-refractivity contribution >= 4 is 11.8 Å². The lowest BCUT2D eigenvalue weighted by Crippen LogP contribution is -2.45. The number of amides is 2. The summed E-state index contributed by atoms with van der Waals surface area (Å²) < 4.78 is 1.97. The number of likely N-dealkylation sites (tertiary alicyclic amines) is 2. The predicted octanol–water partition coefficient (Wildman–Crippen LogP) is 2.16. The summed E-state index contributed by atoms with van der Waals surface area (Å²) in [5, 5.41) is 4.25. The molecule has 0 aliphatic carbocycles. The van der Waals surface area contributed by atoms with Crippen LogP contribution in [0.4, 0.5) is 0 Å². The van der Waals surface area contributed by atoms with Gasteiger partial charge in [-0.2, -0.15) is 5.10 Å². The number of aryl methyl sites for hydroxylation is 1. The first-order valence-electron chi connectivity index (χ1n) is 9.41. The minimum absolute atomic E-state index is 0.111. The zero-order valence-electron chi connectivity index (χ0n) is 15.6. The third kappa shape index (κ3) is 4.22. The monoisotopic (exact) mass is 346 g/mol. The number of rotatable bonds is 4. The molecule has 6 nitrogen and oxygen atoms in total. The van der Waals surface area contributed by atoms with E-state index < -0.39 is 0 Å². The van der Waals surface area contributed by atoms with Gasteiger partial charge in [-0.05, 0) is 52.0 Å². The molecule has 2 fully saturated rings. The molecule has 0 aromatic carbocycles. The molecule has 0 saturated carbocycles. The van der Waals surface area contributed by atoms with Crippen LogP contribution in [0.1, 0.15) is 46.5 Å². The van der Waals surface area contributed by atoms with E-state index in [1.807, 2.05) is 53.7 Å². The number of carbonyl (C=O) groups excluding carboxylic acids is 2. The van der Waals surface area contributed by atoms with Crippen LogP contribution in [0.2, 0.25) is 0 Å². The Morgan fingerprint density at radius 3 is 2.56 bits per heavy atom. The molecule has 0 radical (unpaired) electrons. The van der Waals surface area contributed by atoms with Gasteiger partial charge in [0.05, 0.1) is 5.92 Å². The van der Waals surface area contributed by atoms with Crippen molar-refractivity contribution in [3.8, 4) is 0 Å². The summed E-state index contributed by atoms with van der Waals surface area (Å²) in [6, 6.07) is 1.95. The molecule has 0 N–H and O–H groups in total. The van der Waals surface area contributed by atoms with Crippen molar-refractivity contribution in [3.05, 3.63) is 18.5 Å². The van der Waals surface area contributed by atoms with E-state index in [2.05, 4.69) is 5.10 Å². The first-order chi connectivity index (χ1) is 11.8. The smallest absolute Gasteiger partial charge is 0.227 e. The fourth-order valence-corrected chi connectivity index (χ4v) is 3.97. The molecule has 3 rings (SSSR count). The molecule has 2 aliphatic heterocycles. The van der Waals surface area contributed by atoms with E-state index >= 15 is 0 Å². The summed E-state index contributed by atoms with van der Waals surface area (Å²) in [4.78, 5) is 28.9. The molecule has 2 amide bonds. The topological polar surface area (TPSA) is 58.4 Å². The number of hydrogen-bond acceptors (Lipinski definition) is 3. The molecule has 2 saturated heterocycles. The van der Waals surface area contributed by atoms with Crippen molar-refractivity contribution < 1.29 is 9.59 Å². The second-order valence-electron chi connectivity index (χ2n) is 8.40. The van der Waals surface area contributed by atoms with Gasteiger partial charge in [0.2, 0.25) is 11.8 Å². The van der Waals surface area contributed by atoms with Crippen LogP contribution in [0.3, 0.4) is 0 Å². The molecule has 6 heteroatoms. The Morgan fingerprint density at radius 1 is 1.28 bits per heavy atom. The normalized spacial score (nSPS) is 22.7. The molecule has 2 aliphatic rings. The van der Waals surface area contributed by atoms with Gasteiger partial charge in [0.1, 0.15) is 0 Å². The Labute approximate surface area is 150 Å². The van der Waals surface area contributed by atoms with E-state index in [-0.39, 0.29) is 23.3 Å². The van der Waals surface area contributed by atoms with Crippen molar-refractivity contribution in [2.75, 3.05) is 19.6 Å². The molecule has 0 unspecified atom stereocenters. The fraction of sp³-hybridized carbons (Fsp3) is 0.737. The van der Waals surface area contributed by atoms with Crippen LogP contribution in [0.5, 0.6) is 0 Å². The zero-order chi connectivity index (χ0) is 18.0. The highest BCUT2D eigenvalue weighted by Gasteiger charge is 2.41. The number of aromatic nitrogens is 2. The minimum atomic E-state index is -0.203. The quantitative estimate of drug-likeness (QED) is 0.839. The summed E-state index contributed by atoms with van der Waals surface area (Å²) in [5.74, 6) is 0.780. The molecular formula is C19H30N4O2. The lowest BCUT2D eigenvalue weighted by Gasteiger charge is -2.34. The maximum atomic E-state index is 12.8. The van der Waals surface area contributed by atoms with Gasteiger partial charge in [-0.1, -0.05) is 0 Å². The van der Waals surface area contributed by atoms with Crippen LogP contribution in [0.25, 0.3) is 0 Å². The second kappa shape index (κ2) is 7.18. The number of nitrogens with zero attached hydrogens (tertiary/aromatic N) is 4. The average molecular weight is 346 g/mol. The van der Waals surface area contributed by atoms with Gasteiger partial charge in [0.15, 0.2) is 0 Å². The van der Waals surface area contributed by atoms with Crippen LogP contribution in [-0.2, 0) is 16.1 Å². The Morgan fingerprint density at radius 2 is 2.00 bits per heavy atom. The Bertz CT molecular complexity index is 597. The highest BCUT2D eigenvalue weighted by Crippen LogP contribution is 2.29. The maximum absolute atomic E-state index is 12.8. The van der Waals surface area contributed by atoms with E-state index in [1.165, 1.54) is 0 Å². The summed E-state index contributed by atoms with van der Waals surface area (Å²) in [6.45, 7) is 9.25. The zero-order valence-corrected chi connectivity index (χ0v) is 15.6. The van der Waals surface area contributed by atoms with Crippen molar-refractivity contribution in [1.82, 2.24) is 19.6 Å². The molecule has 1 aromatic rings. The van der Waals surface area contributed by atoms with E-state index in [0.29, 0.717) is 18.9 Å². The molecule has 0 bridgehead atoms. The third-order valence-corrected chi connectivity index (χ3v) is 5.54. The van der Waals surface area contributed by atoms with Crippen molar-refractivity contribution in [1.29, 1.82) is 0 Å². The lowest BCUT2D eigenvalue weighted by molar-refractivity contribution is -0.137. The van der Waals surface area contributed by atoms with Gasteiger partial charge in [-0.3, -0.25) is 14.3 Å². The van der Waals surface area contributed by atoms with Gasteiger partial charge in [0, 0.05) is 50.5 Å². The molecule has 1 aromatic heterocycles. The average Bonchev–Trinajstić information content (AvgIpc) is 3.21. The van der Waals surface area contributed by atoms with Crippen LogP contribution >= 0.6 is 0 Å². The Kier molecular flexibility index (Phi) is 5.16. The van der Waals surface area contributed by atoms with Gasteiger partial charge >= 0.3 is 0 Å². The molecule has 138 valence electrons. The summed E-state index contributed by atoms with van der Waals surface area (Å²) in [6.07, 6.45) is 7.40. The lowest BCUT2D eigenvalue weighted by atomic mass is 9.92. The maximum Gasteiger partial charge on any atom is 0.227 e. The molecule has 3 heterocycles. The summed E-state index contributed by atoms with van der Waals surface area (Å²) in [7, 11) is 0. The second-order valence-corrected chi connectivity index (χ2v) is 8.40. The Hall–Kier alpha value is -1.85. The van der Waals surface area contributed by atoms with Crippen molar-refractivity contribution in [3.63, 3.8) is 0 Å². The van der Waals surface area contributed by atoms with Crippen LogP contribution in [-0.4, -0.2) is 56.6 Å².